The van der Waals surface area contributed by atoms with Crippen LogP contribution in [0, 0.1) is 6.92 Å². The van der Waals surface area contributed by atoms with Crippen LogP contribution in [0.4, 0.5) is 0 Å². The minimum absolute atomic E-state index is 0.0259. The van der Waals surface area contributed by atoms with Crippen LogP contribution in [0.3, 0.4) is 0 Å². The molecule has 1 saturated carbocycles. The van der Waals surface area contributed by atoms with Gasteiger partial charge in [0.2, 0.25) is 0 Å². The van der Waals surface area contributed by atoms with Crippen molar-refractivity contribution in [3.05, 3.63) is 34.2 Å². The second-order valence-electron chi connectivity index (χ2n) is 4.56. The maximum absolute atomic E-state index is 11.5. The molecule has 1 N–H and O–H groups in total. The number of pyridine rings is 1. The number of hydrogen-bond donors (Lipinski definition) is 1. The van der Waals surface area contributed by atoms with E-state index in [2.05, 4.69) is 0 Å². The number of aryl methyl sites for hydroxylation is 2. The van der Waals surface area contributed by atoms with Gasteiger partial charge in [-0.05, 0) is 44.2 Å². The first-order chi connectivity index (χ1) is 7.09. The van der Waals surface area contributed by atoms with Crippen molar-refractivity contribution in [1.82, 2.24) is 4.57 Å². The highest BCUT2D eigenvalue weighted by atomic mass is 16.3. The molecule has 0 aliphatic heterocycles. The molecular formula is C12H17NO2. The molecule has 0 aromatic carbocycles. The lowest BCUT2D eigenvalue weighted by atomic mass is 9.78. The van der Waals surface area contributed by atoms with Crippen LogP contribution in [0.2, 0.25) is 0 Å². The van der Waals surface area contributed by atoms with Gasteiger partial charge in [0.25, 0.3) is 5.56 Å². The normalized spacial score (nSPS) is 18.5. The van der Waals surface area contributed by atoms with E-state index in [-0.39, 0.29) is 5.56 Å². The molecule has 82 valence electrons. The molecule has 15 heavy (non-hydrogen) atoms. The maximum atomic E-state index is 11.5. The van der Waals surface area contributed by atoms with Gasteiger partial charge < -0.3 is 9.67 Å². The van der Waals surface area contributed by atoms with Gasteiger partial charge in [0.15, 0.2) is 0 Å². The monoisotopic (exact) mass is 207 g/mol. The van der Waals surface area contributed by atoms with E-state index in [0.29, 0.717) is 13.0 Å². The molecule has 1 aliphatic carbocycles. The fourth-order valence-electron chi connectivity index (χ4n) is 1.95. The van der Waals surface area contributed by atoms with Crippen molar-refractivity contribution in [3.8, 4) is 0 Å². The molecule has 0 amide bonds. The van der Waals surface area contributed by atoms with Crippen LogP contribution in [-0.2, 0) is 6.54 Å². The van der Waals surface area contributed by atoms with Gasteiger partial charge in [0.1, 0.15) is 0 Å². The van der Waals surface area contributed by atoms with Gasteiger partial charge in [-0.25, -0.2) is 0 Å². The lowest BCUT2D eigenvalue weighted by Crippen LogP contribution is -2.38. The van der Waals surface area contributed by atoms with Crippen LogP contribution < -0.4 is 5.56 Å². The third-order valence-corrected chi connectivity index (χ3v) is 3.25. The predicted molar refractivity (Wildman–Crippen MR) is 58.9 cm³/mol. The summed E-state index contributed by atoms with van der Waals surface area (Å²) in [6, 6.07) is 3.55. The zero-order chi connectivity index (χ0) is 10.9. The van der Waals surface area contributed by atoms with Crippen LogP contribution in [0.25, 0.3) is 0 Å². The van der Waals surface area contributed by atoms with Crippen molar-refractivity contribution in [2.24, 2.45) is 0 Å². The summed E-state index contributed by atoms with van der Waals surface area (Å²) in [5.41, 5.74) is 0.515. The number of nitrogens with zero attached hydrogens (tertiary/aromatic N) is 1. The first-order valence-corrected chi connectivity index (χ1v) is 5.49. The molecule has 2 rings (SSSR count). The zero-order valence-corrected chi connectivity index (χ0v) is 9.07. The Morgan fingerprint density at radius 1 is 1.53 bits per heavy atom. The maximum Gasteiger partial charge on any atom is 0.250 e. The molecule has 0 bridgehead atoms. The minimum atomic E-state index is -0.496. The van der Waals surface area contributed by atoms with E-state index in [9.17, 15) is 9.90 Å². The summed E-state index contributed by atoms with van der Waals surface area (Å²) in [5.74, 6) is 0. The number of aromatic nitrogens is 1. The molecule has 3 nitrogen and oxygen atoms in total. The highest BCUT2D eigenvalue weighted by molar-refractivity contribution is 5.08. The predicted octanol–water partition coefficient (Wildman–Crippen LogP) is 1.46. The average Bonchev–Trinajstić information content (AvgIpc) is 2.14. The summed E-state index contributed by atoms with van der Waals surface area (Å²) in [6.07, 6.45) is 5.37. The van der Waals surface area contributed by atoms with Gasteiger partial charge >= 0.3 is 0 Å². The number of aliphatic hydroxyl groups is 1. The molecule has 1 heterocycles. The van der Waals surface area contributed by atoms with E-state index in [0.717, 1.165) is 24.8 Å². The Kier molecular flexibility index (Phi) is 2.65. The minimum Gasteiger partial charge on any atom is -0.390 e. The Bertz CT molecular complexity index is 404. The molecule has 1 fully saturated rings. The lowest BCUT2D eigenvalue weighted by molar-refractivity contribution is -0.0434. The van der Waals surface area contributed by atoms with E-state index in [4.69, 9.17) is 0 Å². The SMILES string of the molecule is Cc1ccn(CCC2(O)CCC2)c(=O)c1. The summed E-state index contributed by atoms with van der Waals surface area (Å²) in [5, 5.41) is 9.90. The van der Waals surface area contributed by atoms with Gasteiger partial charge in [0, 0.05) is 18.8 Å². The Hall–Kier alpha value is -1.09. The van der Waals surface area contributed by atoms with Gasteiger partial charge in [0.05, 0.1) is 5.60 Å². The molecule has 0 atom stereocenters. The van der Waals surface area contributed by atoms with E-state index in [1.807, 2.05) is 13.0 Å². The fraction of sp³-hybridized carbons (Fsp3) is 0.583. The molecule has 1 aromatic rings. The smallest absolute Gasteiger partial charge is 0.250 e. The lowest BCUT2D eigenvalue weighted by Gasteiger charge is -2.36. The van der Waals surface area contributed by atoms with Crippen molar-refractivity contribution >= 4 is 0 Å². The third kappa shape index (κ3) is 2.29. The fourth-order valence-corrected chi connectivity index (χ4v) is 1.95. The third-order valence-electron chi connectivity index (χ3n) is 3.25. The van der Waals surface area contributed by atoms with Crippen LogP contribution in [0.5, 0.6) is 0 Å². The Morgan fingerprint density at radius 2 is 2.27 bits per heavy atom. The topological polar surface area (TPSA) is 42.2 Å². The van der Waals surface area contributed by atoms with Crippen LogP contribution in [-0.4, -0.2) is 15.3 Å². The number of rotatable bonds is 3. The molecule has 1 aromatic heterocycles. The largest absolute Gasteiger partial charge is 0.390 e. The summed E-state index contributed by atoms with van der Waals surface area (Å²) < 4.78 is 1.67. The standard InChI is InChI=1S/C12H17NO2/c1-10-3-7-13(11(14)9-10)8-6-12(15)4-2-5-12/h3,7,9,15H,2,4-6,8H2,1H3. The highest BCUT2D eigenvalue weighted by Gasteiger charge is 2.33. The second-order valence-corrected chi connectivity index (χ2v) is 4.56. The second kappa shape index (κ2) is 3.81. The van der Waals surface area contributed by atoms with Crippen LogP contribution in [0.1, 0.15) is 31.2 Å². The quantitative estimate of drug-likeness (QED) is 0.815. The van der Waals surface area contributed by atoms with E-state index < -0.39 is 5.60 Å². The Labute approximate surface area is 89.4 Å². The van der Waals surface area contributed by atoms with Gasteiger partial charge in [-0.2, -0.15) is 0 Å². The summed E-state index contributed by atoms with van der Waals surface area (Å²) in [7, 11) is 0. The Balaban J connectivity index is 2.02. The van der Waals surface area contributed by atoms with Crippen molar-refractivity contribution in [2.75, 3.05) is 0 Å². The van der Waals surface area contributed by atoms with Gasteiger partial charge in [-0.3, -0.25) is 4.79 Å². The molecule has 0 spiro atoms. The van der Waals surface area contributed by atoms with Gasteiger partial charge in [-0.15, -0.1) is 0 Å². The summed E-state index contributed by atoms with van der Waals surface area (Å²) in [4.78, 5) is 11.5. The van der Waals surface area contributed by atoms with Crippen molar-refractivity contribution < 1.29 is 5.11 Å². The molecule has 0 unspecified atom stereocenters. The van der Waals surface area contributed by atoms with Crippen molar-refractivity contribution in [3.63, 3.8) is 0 Å². The molecule has 0 radical (unpaired) electrons. The van der Waals surface area contributed by atoms with Crippen molar-refractivity contribution in [2.45, 2.75) is 44.8 Å². The number of hydrogen-bond acceptors (Lipinski definition) is 2. The van der Waals surface area contributed by atoms with E-state index >= 15 is 0 Å². The molecule has 1 aliphatic rings. The molecule has 3 heteroatoms. The zero-order valence-electron chi connectivity index (χ0n) is 9.07. The highest BCUT2D eigenvalue weighted by Crippen LogP contribution is 2.34. The molecular weight excluding hydrogens is 190 g/mol. The first kappa shape index (κ1) is 10.4. The van der Waals surface area contributed by atoms with E-state index in [1.54, 1.807) is 16.8 Å². The summed E-state index contributed by atoms with van der Waals surface area (Å²) >= 11 is 0. The van der Waals surface area contributed by atoms with E-state index in [1.165, 1.54) is 0 Å². The van der Waals surface area contributed by atoms with Crippen molar-refractivity contribution in [1.29, 1.82) is 0 Å². The average molecular weight is 207 g/mol. The Morgan fingerprint density at radius 3 is 2.80 bits per heavy atom. The van der Waals surface area contributed by atoms with Gasteiger partial charge in [-0.1, -0.05) is 0 Å². The first-order valence-electron chi connectivity index (χ1n) is 5.49. The molecule has 0 saturated heterocycles. The van der Waals surface area contributed by atoms with Crippen LogP contribution >= 0.6 is 0 Å². The van der Waals surface area contributed by atoms with Crippen LogP contribution in [0.15, 0.2) is 23.1 Å². The summed E-state index contributed by atoms with van der Waals surface area (Å²) in [6.45, 7) is 2.53.